The second-order valence-corrected chi connectivity index (χ2v) is 4.41. The number of benzene rings is 2. The van der Waals surface area contributed by atoms with E-state index in [1.165, 1.54) is 42.5 Å². The predicted octanol–water partition coefficient (Wildman–Crippen LogP) is 3.14. The van der Waals surface area contributed by atoms with Crippen LogP contribution in [0.5, 0.6) is 5.75 Å². The van der Waals surface area contributed by atoms with E-state index in [-0.39, 0.29) is 30.4 Å². The van der Waals surface area contributed by atoms with Gasteiger partial charge in [0.25, 0.3) is 5.69 Å². The highest BCUT2D eigenvalue weighted by Crippen LogP contribution is 2.19. The average Bonchev–Trinajstić information content (AvgIpc) is 2.50. The molecule has 0 spiro atoms. The lowest BCUT2D eigenvalue weighted by atomic mass is 10.3. The van der Waals surface area contributed by atoms with E-state index in [1.54, 1.807) is 6.07 Å². The number of carbonyl (C=O) groups is 1. The first-order valence-electron chi connectivity index (χ1n) is 6.47. The number of non-ortho nitro benzene ring substituents is 1. The molecule has 2 aromatic carbocycles. The molecule has 0 aromatic heterocycles. The van der Waals surface area contributed by atoms with Crippen molar-refractivity contribution in [3.63, 3.8) is 0 Å². The Morgan fingerprint density at radius 2 is 1.95 bits per heavy atom. The molecule has 1 amide bonds. The summed E-state index contributed by atoms with van der Waals surface area (Å²) < 4.78 is 18.0. The number of nitro benzene ring substituents is 1. The largest absolute Gasteiger partial charge is 0.493 e. The number of carbonyl (C=O) groups excluding carboxylic acids is 1. The molecule has 1 N–H and O–H groups in total. The number of nitro groups is 1. The summed E-state index contributed by atoms with van der Waals surface area (Å²) >= 11 is 0. The summed E-state index contributed by atoms with van der Waals surface area (Å²) in [4.78, 5) is 21.8. The zero-order chi connectivity index (χ0) is 15.9. The molecule has 0 saturated carbocycles. The number of hydrogen-bond acceptors (Lipinski definition) is 4. The minimum atomic E-state index is -0.520. The molecule has 6 nitrogen and oxygen atoms in total. The maximum absolute atomic E-state index is 12.7. The Hall–Kier alpha value is -2.96. The van der Waals surface area contributed by atoms with E-state index < -0.39 is 4.92 Å². The molecule has 0 aliphatic carbocycles. The second kappa shape index (κ2) is 7.16. The Morgan fingerprint density at radius 3 is 2.64 bits per heavy atom. The van der Waals surface area contributed by atoms with Gasteiger partial charge in [0.05, 0.1) is 24.0 Å². The van der Waals surface area contributed by atoms with Gasteiger partial charge in [-0.15, -0.1) is 0 Å². The SMILES string of the molecule is O=C(CCOc1cccc([N+](=O)[O-])c1)Nc1ccc(F)cc1. The number of anilines is 1. The molecule has 7 heteroatoms. The van der Waals surface area contributed by atoms with Gasteiger partial charge in [0.15, 0.2) is 0 Å². The first kappa shape index (κ1) is 15.4. The van der Waals surface area contributed by atoms with Crippen LogP contribution in [0.3, 0.4) is 0 Å². The number of halogens is 1. The van der Waals surface area contributed by atoms with Gasteiger partial charge in [0, 0.05) is 11.8 Å². The van der Waals surface area contributed by atoms with E-state index in [1.807, 2.05) is 0 Å². The smallest absolute Gasteiger partial charge is 0.273 e. The fraction of sp³-hybridized carbons (Fsp3) is 0.133. The highest BCUT2D eigenvalue weighted by molar-refractivity contribution is 5.90. The summed E-state index contributed by atoms with van der Waals surface area (Å²) in [5.41, 5.74) is 0.412. The van der Waals surface area contributed by atoms with Gasteiger partial charge in [-0.25, -0.2) is 4.39 Å². The van der Waals surface area contributed by atoms with Gasteiger partial charge in [0.1, 0.15) is 11.6 Å². The molecular formula is C15H13FN2O4. The van der Waals surface area contributed by atoms with Gasteiger partial charge in [-0.3, -0.25) is 14.9 Å². The minimum Gasteiger partial charge on any atom is -0.493 e. The van der Waals surface area contributed by atoms with Crippen LogP contribution in [0.15, 0.2) is 48.5 Å². The van der Waals surface area contributed by atoms with E-state index in [2.05, 4.69) is 5.32 Å². The molecule has 0 atom stereocenters. The Labute approximate surface area is 125 Å². The van der Waals surface area contributed by atoms with Crippen LogP contribution in [-0.2, 0) is 4.79 Å². The van der Waals surface area contributed by atoms with Crippen LogP contribution in [0, 0.1) is 15.9 Å². The fourth-order valence-corrected chi connectivity index (χ4v) is 1.71. The fourth-order valence-electron chi connectivity index (χ4n) is 1.71. The van der Waals surface area contributed by atoms with Gasteiger partial charge in [0.2, 0.25) is 5.91 Å². The molecule has 114 valence electrons. The van der Waals surface area contributed by atoms with Crippen LogP contribution >= 0.6 is 0 Å². The number of ether oxygens (including phenoxy) is 1. The summed E-state index contributed by atoms with van der Waals surface area (Å²) in [5, 5.41) is 13.2. The van der Waals surface area contributed by atoms with Crippen LogP contribution in [0.25, 0.3) is 0 Å². The normalized spacial score (nSPS) is 10.0. The second-order valence-electron chi connectivity index (χ2n) is 4.41. The monoisotopic (exact) mass is 304 g/mol. The number of amides is 1. The quantitative estimate of drug-likeness (QED) is 0.656. The molecule has 0 fully saturated rings. The molecule has 0 unspecified atom stereocenters. The first-order chi connectivity index (χ1) is 10.5. The number of hydrogen-bond donors (Lipinski definition) is 1. The van der Waals surface area contributed by atoms with Gasteiger partial charge in [-0.05, 0) is 30.3 Å². The topological polar surface area (TPSA) is 81.5 Å². The number of nitrogens with zero attached hydrogens (tertiary/aromatic N) is 1. The lowest BCUT2D eigenvalue weighted by Crippen LogP contribution is -2.15. The Morgan fingerprint density at radius 1 is 1.23 bits per heavy atom. The van der Waals surface area contributed by atoms with Gasteiger partial charge < -0.3 is 10.1 Å². The highest BCUT2D eigenvalue weighted by atomic mass is 19.1. The van der Waals surface area contributed by atoms with Crippen molar-refractivity contribution >= 4 is 17.3 Å². The summed E-state index contributed by atoms with van der Waals surface area (Å²) in [7, 11) is 0. The molecule has 0 aliphatic rings. The van der Waals surface area contributed by atoms with Crippen LogP contribution in [0.4, 0.5) is 15.8 Å². The van der Waals surface area contributed by atoms with Gasteiger partial charge >= 0.3 is 0 Å². The third-order valence-corrected chi connectivity index (χ3v) is 2.75. The zero-order valence-corrected chi connectivity index (χ0v) is 11.5. The van der Waals surface area contributed by atoms with E-state index in [4.69, 9.17) is 4.74 Å². The third-order valence-electron chi connectivity index (χ3n) is 2.75. The van der Waals surface area contributed by atoms with Gasteiger partial charge in [-0.1, -0.05) is 6.07 Å². The lowest BCUT2D eigenvalue weighted by Gasteiger charge is -2.07. The van der Waals surface area contributed by atoms with Crippen molar-refractivity contribution in [2.75, 3.05) is 11.9 Å². The van der Waals surface area contributed by atoms with Crippen LogP contribution in [0.2, 0.25) is 0 Å². The summed E-state index contributed by atoms with van der Waals surface area (Å²) in [6.07, 6.45) is 0.0695. The summed E-state index contributed by atoms with van der Waals surface area (Å²) in [6, 6.07) is 11.1. The van der Waals surface area contributed by atoms with E-state index in [0.717, 1.165) is 0 Å². The molecule has 0 heterocycles. The van der Waals surface area contributed by atoms with E-state index in [9.17, 15) is 19.3 Å². The van der Waals surface area contributed by atoms with Crippen molar-refractivity contribution in [3.8, 4) is 5.75 Å². The lowest BCUT2D eigenvalue weighted by molar-refractivity contribution is -0.384. The van der Waals surface area contributed by atoms with Crippen molar-refractivity contribution in [3.05, 3.63) is 64.5 Å². The predicted molar refractivity (Wildman–Crippen MR) is 78.2 cm³/mol. The Bertz CT molecular complexity index is 673. The molecule has 2 rings (SSSR count). The van der Waals surface area contributed by atoms with Gasteiger partial charge in [-0.2, -0.15) is 0 Å². The van der Waals surface area contributed by atoms with Crippen molar-refractivity contribution in [2.24, 2.45) is 0 Å². The van der Waals surface area contributed by atoms with Crippen molar-refractivity contribution in [1.29, 1.82) is 0 Å². The van der Waals surface area contributed by atoms with Crippen LogP contribution in [0.1, 0.15) is 6.42 Å². The summed E-state index contributed by atoms with van der Waals surface area (Å²) in [5.74, 6) is -0.354. The Kier molecular flexibility index (Phi) is 5.02. The third kappa shape index (κ3) is 4.55. The molecule has 2 aromatic rings. The number of nitrogens with one attached hydrogen (secondary N) is 1. The van der Waals surface area contributed by atoms with E-state index >= 15 is 0 Å². The van der Waals surface area contributed by atoms with Crippen molar-refractivity contribution in [1.82, 2.24) is 0 Å². The van der Waals surface area contributed by atoms with Crippen molar-refractivity contribution in [2.45, 2.75) is 6.42 Å². The molecule has 0 radical (unpaired) electrons. The first-order valence-corrected chi connectivity index (χ1v) is 6.47. The Balaban J connectivity index is 1.80. The maximum atomic E-state index is 12.7. The maximum Gasteiger partial charge on any atom is 0.273 e. The van der Waals surface area contributed by atoms with Crippen LogP contribution < -0.4 is 10.1 Å². The highest BCUT2D eigenvalue weighted by Gasteiger charge is 2.07. The molecular weight excluding hydrogens is 291 g/mol. The molecule has 22 heavy (non-hydrogen) atoms. The zero-order valence-electron chi connectivity index (χ0n) is 11.5. The van der Waals surface area contributed by atoms with Crippen molar-refractivity contribution < 1.29 is 18.8 Å². The van der Waals surface area contributed by atoms with Crippen LogP contribution in [-0.4, -0.2) is 17.4 Å². The standard InChI is InChI=1S/C15H13FN2O4/c16-11-4-6-12(7-5-11)17-15(19)8-9-22-14-3-1-2-13(10-14)18(20)21/h1-7,10H,8-9H2,(H,17,19). The molecule has 0 aliphatic heterocycles. The van der Waals surface area contributed by atoms with E-state index in [0.29, 0.717) is 11.4 Å². The minimum absolute atomic E-state index is 0.0695. The molecule has 0 bridgehead atoms. The molecule has 0 saturated heterocycles. The number of rotatable bonds is 6. The summed E-state index contributed by atoms with van der Waals surface area (Å²) in [6.45, 7) is 0.0776. The average molecular weight is 304 g/mol.